The van der Waals surface area contributed by atoms with Crippen LogP contribution < -0.4 is 15.2 Å². The van der Waals surface area contributed by atoms with E-state index in [0.29, 0.717) is 49.3 Å². The van der Waals surface area contributed by atoms with Gasteiger partial charge < -0.3 is 19.3 Å². The van der Waals surface area contributed by atoms with Gasteiger partial charge in [-0.1, -0.05) is 35.9 Å². The van der Waals surface area contributed by atoms with E-state index >= 15 is 0 Å². The number of anilines is 3. The van der Waals surface area contributed by atoms with Crippen LogP contribution in [0.4, 0.5) is 17.8 Å². The molecule has 9 nitrogen and oxygen atoms in total. The number of hydrazone groups is 1. The summed E-state index contributed by atoms with van der Waals surface area (Å²) in [4.78, 5) is 18.0. The number of ether oxygens (including phenoxy) is 2. The van der Waals surface area contributed by atoms with Crippen molar-refractivity contribution in [3.8, 4) is 0 Å². The fourth-order valence-corrected chi connectivity index (χ4v) is 3.31. The first-order valence-electron chi connectivity index (χ1n) is 9.91. The molecular weight excluding hydrogens is 406 g/mol. The van der Waals surface area contributed by atoms with Gasteiger partial charge in [0.15, 0.2) is 0 Å². The summed E-state index contributed by atoms with van der Waals surface area (Å²) in [5.41, 5.74) is 3.84. The molecule has 2 aliphatic rings. The highest BCUT2D eigenvalue weighted by Crippen LogP contribution is 2.19. The van der Waals surface area contributed by atoms with Crippen LogP contribution in [0.2, 0.25) is 5.02 Å². The van der Waals surface area contributed by atoms with Gasteiger partial charge in [-0.25, -0.2) is 5.43 Å². The van der Waals surface area contributed by atoms with Gasteiger partial charge in [0.25, 0.3) is 0 Å². The average Bonchev–Trinajstić information content (AvgIpc) is 2.81. The van der Waals surface area contributed by atoms with E-state index in [1.54, 1.807) is 12.3 Å². The molecule has 0 unspecified atom stereocenters. The second kappa shape index (κ2) is 10.3. The first kappa shape index (κ1) is 20.5. The zero-order chi connectivity index (χ0) is 20.6. The molecule has 0 aliphatic carbocycles. The Hall–Kier alpha value is -2.75. The molecule has 3 heterocycles. The standard InChI is InChI=1S/C20H24ClN7O2/c21-17-6-2-1-4-16(17)5-3-7-22-26-18-23-19(27-8-12-29-13-9-27)25-20(24-18)28-10-14-30-15-11-28/h1-7H,8-15H2,(H,23,24,25,26)/b5-3+,22-7-. The minimum absolute atomic E-state index is 0.398. The quantitative estimate of drug-likeness (QED) is 0.553. The SMILES string of the molecule is Clc1ccccc1/C=C/C=N\Nc1nc(N2CCOCC2)nc(N2CCOCC2)n1. The van der Waals surface area contributed by atoms with Gasteiger partial charge in [-0.05, 0) is 17.7 Å². The number of hydrogen-bond donors (Lipinski definition) is 1. The molecule has 2 fully saturated rings. The van der Waals surface area contributed by atoms with Crippen LogP contribution in [-0.2, 0) is 9.47 Å². The highest BCUT2D eigenvalue weighted by atomic mass is 35.5. The maximum atomic E-state index is 6.15. The summed E-state index contributed by atoms with van der Waals surface area (Å²) in [6.07, 6.45) is 5.33. The smallest absolute Gasteiger partial charge is 0.250 e. The molecule has 10 heteroatoms. The molecule has 0 amide bonds. The maximum absolute atomic E-state index is 6.15. The van der Waals surface area contributed by atoms with Crippen molar-refractivity contribution in [2.75, 3.05) is 67.8 Å². The molecular formula is C20H24ClN7O2. The number of halogens is 1. The highest BCUT2D eigenvalue weighted by Gasteiger charge is 2.20. The van der Waals surface area contributed by atoms with Gasteiger partial charge in [0, 0.05) is 37.4 Å². The minimum atomic E-state index is 0.398. The number of nitrogens with one attached hydrogen (secondary N) is 1. The van der Waals surface area contributed by atoms with Gasteiger partial charge in [-0.15, -0.1) is 0 Å². The van der Waals surface area contributed by atoms with Crippen LogP contribution in [-0.4, -0.2) is 73.8 Å². The summed E-state index contributed by atoms with van der Waals surface area (Å²) >= 11 is 6.15. The predicted octanol–water partition coefficient (Wildman–Crippen LogP) is 2.31. The first-order valence-corrected chi connectivity index (χ1v) is 10.3. The Balaban J connectivity index is 1.48. The predicted molar refractivity (Wildman–Crippen MR) is 118 cm³/mol. The van der Waals surface area contributed by atoms with Crippen LogP contribution >= 0.6 is 11.6 Å². The summed E-state index contributed by atoms with van der Waals surface area (Å²) in [6, 6.07) is 7.62. The van der Waals surface area contributed by atoms with Crippen LogP contribution in [0, 0.1) is 0 Å². The first-order chi connectivity index (χ1) is 14.8. The van der Waals surface area contributed by atoms with E-state index in [4.69, 9.17) is 21.1 Å². The normalized spacial score (nSPS) is 17.8. The van der Waals surface area contributed by atoms with Crippen LogP contribution in [0.15, 0.2) is 35.4 Å². The van der Waals surface area contributed by atoms with E-state index in [2.05, 4.69) is 35.3 Å². The molecule has 1 aromatic carbocycles. The topological polar surface area (TPSA) is 88.0 Å². The molecule has 4 rings (SSSR count). The van der Waals surface area contributed by atoms with Gasteiger partial charge in [0.05, 0.1) is 26.4 Å². The number of rotatable bonds is 6. The Labute approximate surface area is 180 Å². The third-order valence-electron chi connectivity index (χ3n) is 4.71. The summed E-state index contributed by atoms with van der Waals surface area (Å²) in [6.45, 7) is 5.62. The van der Waals surface area contributed by atoms with E-state index in [1.165, 1.54) is 0 Å². The lowest BCUT2D eigenvalue weighted by atomic mass is 10.2. The molecule has 0 atom stereocenters. The van der Waals surface area contributed by atoms with E-state index in [-0.39, 0.29) is 0 Å². The molecule has 0 radical (unpaired) electrons. The van der Waals surface area contributed by atoms with E-state index < -0.39 is 0 Å². The third-order valence-corrected chi connectivity index (χ3v) is 5.05. The van der Waals surface area contributed by atoms with Crippen LogP contribution in [0.25, 0.3) is 6.08 Å². The van der Waals surface area contributed by atoms with Crippen LogP contribution in [0.1, 0.15) is 5.56 Å². The Morgan fingerprint density at radius 3 is 2.10 bits per heavy atom. The van der Waals surface area contributed by atoms with Gasteiger partial charge in [0.1, 0.15) is 0 Å². The fourth-order valence-electron chi connectivity index (χ4n) is 3.11. The van der Waals surface area contributed by atoms with Crippen molar-refractivity contribution < 1.29 is 9.47 Å². The monoisotopic (exact) mass is 429 g/mol. The second-order valence-corrected chi connectivity index (χ2v) is 7.14. The van der Waals surface area contributed by atoms with Gasteiger partial charge >= 0.3 is 0 Å². The molecule has 158 valence electrons. The van der Waals surface area contributed by atoms with Crippen molar-refractivity contribution in [1.29, 1.82) is 0 Å². The van der Waals surface area contributed by atoms with Crippen molar-refractivity contribution in [3.63, 3.8) is 0 Å². The molecule has 30 heavy (non-hydrogen) atoms. The lowest BCUT2D eigenvalue weighted by molar-refractivity contribution is 0.121. The van der Waals surface area contributed by atoms with Crippen molar-refractivity contribution in [2.45, 2.75) is 0 Å². The number of aromatic nitrogens is 3. The highest BCUT2D eigenvalue weighted by molar-refractivity contribution is 6.32. The van der Waals surface area contributed by atoms with Crippen LogP contribution in [0.5, 0.6) is 0 Å². The van der Waals surface area contributed by atoms with Gasteiger partial charge in [-0.3, -0.25) is 0 Å². The minimum Gasteiger partial charge on any atom is -0.378 e. The lowest BCUT2D eigenvalue weighted by Crippen LogP contribution is -2.40. The van der Waals surface area contributed by atoms with Gasteiger partial charge in [-0.2, -0.15) is 20.1 Å². The van der Waals surface area contributed by atoms with Crippen molar-refractivity contribution in [1.82, 2.24) is 15.0 Å². The largest absolute Gasteiger partial charge is 0.378 e. The second-order valence-electron chi connectivity index (χ2n) is 6.73. The number of benzene rings is 1. The van der Waals surface area contributed by atoms with Crippen molar-refractivity contribution in [3.05, 3.63) is 40.9 Å². The van der Waals surface area contributed by atoms with Crippen molar-refractivity contribution in [2.24, 2.45) is 5.10 Å². The number of hydrogen-bond acceptors (Lipinski definition) is 9. The lowest BCUT2D eigenvalue weighted by Gasteiger charge is -2.30. The molecule has 0 spiro atoms. The average molecular weight is 430 g/mol. The number of morpholine rings is 2. The summed E-state index contributed by atoms with van der Waals surface area (Å²) in [5, 5.41) is 4.91. The summed E-state index contributed by atoms with van der Waals surface area (Å²) in [7, 11) is 0. The fraction of sp³-hybridized carbons (Fsp3) is 0.400. The zero-order valence-electron chi connectivity index (χ0n) is 16.6. The molecule has 0 bridgehead atoms. The maximum Gasteiger partial charge on any atom is 0.250 e. The Morgan fingerprint density at radius 1 is 0.900 bits per heavy atom. The molecule has 0 saturated carbocycles. The van der Waals surface area contributed by atoms with E-state index in [9.17, 15) is 0 Å². The summed E-state index contributed by atoms with van der Waals surface area (Å²) < 4.78 is 10.9. The third kappa shape index (κ3) is 5.44. The zero-order valence-corrected chi connectivity index (χ0v) is 17.3. The number of allylic oxidation sites excluding steroid dienone is 1. The Morgan fingerprint density at radius 2 is 1.50 bits per heavy atom. The molecule has 2 aliphatic heterocycles. The van der Waals surface area contributed by atoms with Crippen molar-refractivity contribution >= 4 is 41.7 Å². The Bertz CT molecular complexity index is 860. The van der Waals surface area contributed by atoms with E-state index in [0.717, 1.165) is 31.7 Å². The molecule has 1 aromatic heterocycles. The number of nitrogens with zero attached hydrogens (tertiary/aromatic N) is 6. The van der Waals surface area contributed by atoms with Crippen LogP contribution in [0.3, 0.4) is 0 Å². The Kier molecular flexibility index (Phi) is 7.07. The summed E-state index contributed by atoms with van der Waals surface area (Å²) in [5.74, 6) is 1.65. The molecule has 2 aromatic rings. The van der Waals surface area contributed by atoms with E-state index in [1.807, 2.05) is 30.3 Å². The molecule has 1 N–H and O–H groups in total. The van der Waals surface area contributed by atoms with Gasteiger partial charge in [0.2, 0.25) is 17.8 Å². The molecule has 2 saturated heterocycles.